The molecule has 2 aliphatic heterocycles. The van der Waals surface area contributed by atoms with Crippen LogP contribution in [-0.4, -0.2) is 73.5 Å². The van der Waals surface area contributed by atoms with Crippen LogP contribution in [0.2, 0.25) is 0 Å². The van der Waals surface area contributed by atoms with Crippen LogP contribution in [0, 0.1) is 0 Å². The normalized spacial score (nSPS) is 22.7. The number of amides is 3. The number of hydrogen-bond acceptors (Lipinski definition) is 7. The van der Waals surface area contributed by atoms with Crippen molar-refractivity contribution in [1.29, 1.82) is 0 Å². The molecule has 2 aliphatic rings. The summed E-state index contributed by atoms with van der Waals surface area (Å²) in [5, 5.41) is -0.528. The van der Waals surface area contributed by atoms with Gasteiger partial charge in [-0.05, 0) is 42.0 Å². The van der Waals surface area contributed by atoms with Crippen LogP contribution >= 0.6 is 11.8 Å². The predicted octanol–water partition coefficient (Wildman–Crippen LogP) is 1.38. The predicted molar refractivity (Wildman–Crippen MR) is 105 cm³/mol. The quantitative estimate of drug-likeness (QED) is 0.658. The lowest BCUT2D eigenvalue weighted by atomic mass is 10.2. The number of hydrogen-bond donors (Lipinski definition) is 0. The van der Waals surface area contributed by atoms with E-state index in [2.05, 4.69) is 0 Å². The zero-order chi connectivity index (χ0) is 20.5. The van der Waals surface area contributed by atoms with Gasteiger partial charge in [-0.25, -0.2) is 8.42 Å². The summed E-state index contributed by atoms with van der Waals surface area (Å²) in [7, 11) is -0.105. The summed E-state index contributed by atoms with van der Waals surface area (Å²) in [6.45, 7) is -0.410. The number of methoxy groups -OCH3 is 1. The van der Waals surface area contributed by atoms with Crippen LogP contribution < -0.4 is 4.74 Å². The van der Waals surface area contributed by atoms with Gasteiger partial charge in [-0.3, -0.25) is 19.3 Å². The highest BCUT2D eigenvalue weighted by Crippen LogP contribution is 2.32. The Hall–Kier alpha value is -2.33. The first-order valence-corrected chi connectivity index (χ1v) is 11.2. The molecule has 3 rings (SSSR count). The maximum absolute atomic E-state index is 12.6. The van der Waals surface area contributed by atoms with Gasteiger partial charge in [0.05, 0.1) is 23.5 Å². The molecular formula is C18H20N2O6S2. The molecule has 0 bridgehead atoms. The number of carbonyl (C=O) groups excluding carboxylic acids is 3. The van der Waals surface area contributed by atoms with Gasteiger partial charge in [-0.2, -0.15) is 0 Å². The Kier molecular flexibility index (Phi) is 5.80. The average molecular weight is 425 g/mol. The lowest BCUT2D eigenvalue weighted by Crippen LogP contribution is -2.45. The van der Waals surface area contributed by atoms with Gasteiger partial charge in [0.25, 0.3) is 11.1 Å². The highest BCUT2D eigenvalue weighted by Gasteiger charge is 2.39. The van der Waals surface area contributed by atoms with E-state index in [4.69, 9.17) is 4.74 Å². The molecule has 1 aromatic rings. The molecule has 28 heavy (non-hydrogen) atoms. The van der Waals surface area contributed by atoms with Crippen molar-refractivity contribution >= 4 is 44.7 Å². The van der Waals surface area contributed by atoms with Crippen LogP contribution in [0.25, 0.3) is 6.08 Å². The molecule has 0 N–H and O–H groups in total. The average Bonchev–Trinajstić information content (AvgIpc) is 3.15. The van der Waals surface area contributed by atoms with Crippen LogP contribution in [0.1, 0.15) is 12.0 Å². The third kappa shape index (κ3) is 4.39. The van der Waals surface area contributed by atoms with E-state index in [0.717, 1.165) is 16.7 Å². The molecule has 0 aromatic heterocycles. The van der Waals surface area contributed by atoms with Crippen molar-refractivity contribution in [1.82, 2.24) is 9.80 Å². The van der Waals surface area contributed by atoms with Crippen molar-refractivity contribution in [3.05, 3.63) is 34.7 Å². The maximum atomic E-state index is 12.6. The van der Waals surface area contributed by atoms with Gasteiger partial charge in [-0.15, -0.1) is 0 Å². The number of imide groups is 1. The van der Waals surface area contributed by atoms with Crippen molar-refractivity contribution in [2.24, 2.45) is 0 Å². The summed E-state index contributed by atoms with van der Waals surface area (Å²) in [6, 6.07) is 6.61. The maximum Gasteiger partial charge on any atom is 0.294 e. The summed E-state index contributed by atoms with van der Waals surface area (Å²) in [4.78, 5) is 39.7. The van der Waals surface area contributed by atoms with Gasteiger partial charge in [-0.1, -0.05) is 12.1 Å². The fraction of sp³-hybridized carbons (Fsp3) is 0.389. The van der Waals surface area contributed by atoms with Crippen molar-refractivity contribution in [2.45, 2.75) is 12.5 Å². The van der Waals surface area contributed by atoms with Gasteiger partial charge < -0.3 is 9.64 Å². The first-order valence-electron chi connectivity index (χ1n) is 8.55. The standard InChI is InChI=1S/C18H20N2O6S2/c1-19(13-6-7-28(24,25)11-13)16(21)10-20-17(22)15(27-18(20)23)9-12-4-3-5-14(8-12)26-2/h3-5,8-9,13H,6-7,10-11H2,1-2H3. The van der Waals surface area contributed by atoms with Crippen molar-refractivity contribution in [3.63, 3.8) is 0 Å². The summed E-state index contributed by atoms with van der Waals surface area (Å²) >= 11 is 0.767. The number of sulfone groups is 1. The number of benzene rings is 1. The smallest absolute Gasteiger partial charge is 0.294 e. The fourth-order valence-corrected chi connectivity index (χ4v) is 5.66. The SMILES string of the molecule is COc1cccc(C=C2SC(=O)N(CC(=O)N(C)C3CCS(=O)(=O)C3)C2=O)c1. The Morgan fingerprint density at radius 3 is 2.79 bits per heavy atom. The summed E-state index contributed by atoms with van der Waals surface area (Å²) in [5.41, 5.74) is 0.699. The molecule has 1 unspecified atom stereocenters. The fourth-order valence-electron chi connectivity index (χ4n) is 3.05. The highest BCUT2D eigenvalue weighted by molar-refractivity contribution is 8.18. The summed E-state index contributed by atoms with van der Waals surface area (Å²) in [5.74, 6) is -0.436. The third-order valence-electron chi connectivity index (χ3n) is 4.71. The molecule has 3 amide bonds. The van der Waals surface area contributed by atoms with Gasteiger partial charge in [0.15, 0.2) is 9.84 Å². The highest BCUT2D eigenvalue weighted by atomic mass is 32.2. The number of carbonyl (C=O) groups is 3. The Morgan fingerprint density at radius 1 is 1.39 bits per heavy atom. The Labute approximate surface area is 167 Å². The van der Waals surface area contributed by atoms with Crippen LogP contribution in [0.4, 0.5) is 4.79 Å². The second-order valence-corrected chi connectivity index (χ2v) is 9.83. The monoisotopic (exact) mass is 424 g/mol. The van der Waals surface area contributed by atoms with Crippen LogP contribution in [-0.2, 0) is 19.4 Å². The number of nitrogens with zero attached hydrogens (tertiary/aromatic N) is 2. The minimum absolute atomic E-state index is 0.0418. The Morgan fingerprint density at radius 2 is 2.14 bits per heavy atom. The summed E-state index contributed by atoms with van der Waals surface area (Å²) < 4.78 is 28.3. The lowest BCUT2D eigenvalue weighted by Gasteiger charge is -2.25. The number of rotatable bonds is 5. The number of ether oxygens (including phenoxy) is 1. The molecule has 8 nitrogen and oxygen atoms in total. The molecule has 2 heterocycles. The zero-order valence-corrected chi connectivity index (χ0v) is 17.1. The third-order valence-corrected chi connectivity index (χ3v) is 7.37. The van der Waals surface area contributed by atoms with Gasteiger partial charge in [0, 0.05) is 13.1 Å². The van der Waals surface area contributed by atoms with Crippen molar-refractivity contribution in [3.8, 4) is 5.75 Å². The van der Waals surface area contributed by atoms with Crippen molar-refractivity contribution < 1.29 is 27.5 Å². The van der Waals surface area contributed by atoms with Crippen LogP contribution in [0.15, 0.2) is 29.2 Å². The number of likely N-dealkylation sites (N-methyl/N-ethyl adjacent to an activating group) is 1. The molecule has 150 valence electrons. The van der Waals surface area contributed by atoms with E-state index >= 15 is 0 Å². The topological polar surface area (TPSA) is 101 Å². The molecule has 10 heteroatoms. The Balaban J connectivity index is 1.69. The minimum atomic E-state index is -3.14. The van der Waals surface area contributed by atoms with Gasteiger partial charge in [0.2, 0.25) is 5.91 Å². The summed E-state index contributed by atoms with van der Waals surface area (Å²) in [6.07, 6.45) is 1.94. The zero-order valence-electron chi connectivity index (χ0n) is 15.5. The molecule has 0 radical (unpaired) electrons. The van der Waals surface area contributed by atoms with E-state index in [1.165, 1.54) is 19.1 Å². The molecule has 2 fully saturated rings. The first-order chi connectivity index (χ1) is 13.2. The van der Waals surface area contributed by atoms with Gasteiger partial charge in [0.1, 0.15) is 12.3 Å². The molecule has 0 aliphatic carbocycles. The molecule has 1 atom stereocenters. The minimum Gasteiger partial charge on any atom is -0.497 e. The van der Waals surface area contributed by atoms with E-state index in [9.17, 15) is 22.8 Å². The molecule has 0 saturated carbocycles. The molecule has 0 spiro atoms. The Bertz CT molecular complexity index is 957. The van der Waals surface area contributed by atoms with E-state index in [-0.39, 0.29) is 16.4 Å². The van der Waals surface area contributed by atoms with E-state index in [1.807, 2.05) is 0 Å². The first kappa shape index (κ1) is 20.4. The number of thioether (sulfide) groups is 1. The second-order valence-electron chi connectivity index (χ2n) is 6.61. The van der Waals surface area contributed by atoms with E-state index in [0.29, 0.717) is 17.7 Å². The lowest BCUT2D eigenvalue weighted by molar-refractivity contribution is -0.136. The van der Waals surface area contributed by atoms with E-state index in [1.54, 1.807) is 30.3 Å². The van der Waals surface area contributed by atoms with Crippen LogP contribution in [0.5, 0.6) is 5.75 Å². The largest absolute Gasteiger partial charge is 0.497 e. The molecule has 1 aromatic carbocycles. The molecule has 2 saturated heterocycles. The van der Waals surface area contributed by atoms with E-state index < -0.39 is 39.5 Å². The van der Waals surface area contributed by atoms with Crippen LogP contribution in [0.3, 0.4) is 0 Å². The van der Waals surface area contributed by atoms with Gasteiger partial charge >= 0.3 is 0 Å². The van der Waals surface area contributed by atoms with Crippen molar-refractivity contribution in [2.75, 3.05) is 32.2 Å². The second kappa shape index (κ2) is 7.96. The molecular weight excluding hydrogens is 404 g/mol.